The van der Waals surface area contributed by atoms with Gasteiger partial charge in [-0.1, -0.05) is 18.2 Å². The third-order valence-corrected chi connectivity index (χ3v) is 1.52. The van der Waals surface area contributed by atoms with Crippen molar-refractivity contribution in [1.29, 1.82) is 0 Å². The van der Waals surface area contributed by atoms with Crippen LogP contribution in [0, 0.1) is 0 Å². The third kappa shape index (κ3) is 10.6. The summed E-state index contributed by atoms with van der Waals surface area (Å²) in [5.74, 6) is 0. The Balaban J connectivity index is 0.000000318. The summed E-state index contributed by atoms with van der Waals surface area (Å²) in [5.41, 5.74) is 5.79. The predicted molar refractivity (Wildman–Crippen MR) is 70.8 cm³/mol. The first-order chi connectivity index (χ1) is 7.85. The predicted octanol–water partition coefficient (Wildman–Crippen LogP) is 2.80. The lowest BCUT2D eigenvalue weighted by Gasteiger charge is -2.19. The number of ether oxygens (including phenoxy) is 1. The number of para-hydroxylation sites is 1. The van der Waals surface area contributed by atoms with Gasteiger partial charge in [-0.25, -0.2) is 4.79 Å². The van der Waals surface area contributed by atoms with E-state index >= 15 is 0 Å². The monoisotopic (exact) mass is 238 g/mol. The standard InChI is InChI=1S/C7H15NO2.C6H7N/c1-5-8-6(9)10-7(2,3)4;7-6-4-2-1-3-5-6/h5H2,1-4H3,(H,8,9);1-5H,7H2. The lowest BCUT2D eigenvalue weighted by molar-refractivity contribution is 0.0531. The van der Waals surface area contributed by atoms with Crippen LogP contribution in [0.2, 0.25) is 0 Å². The van der Waals surface area contributed by atoms with Gasteiger partial charge in [-0.3, -0.25) is 0 Å². The van der Waals surface area contributed by atoms with Crippen molar-refractivity contribution < 1.29 is 9.53 Å². The van der Waals surface area contributed by atoms with E-state index in [1.807, 2.05) is 58.0 Å². The van der Waals surface area contributed by atoms with Gasteiger partial charge in [-0.05, 0) is 39.8 Å². The molecule has 4 heteroatoms. The van der Waals surface area contributed by atoms with Gasteiger partial charge in [0.2, 0.25) is 0 Å². The largest absolute Gasteiger partial charge is 0.444 e. The first-order valence-electron chi connectivity index (χ1n) is 5.62. The molecule has 0 saturated heterocycles. The van der Waals surface area contributed by atoms with Gasteiger partial charge in [-0.15, -0.1) is 0 Å². The van der Waals surface area contributed by atoms with E-state index in [9.17, 15) is 4.79 Å². The first kappa shape index (κ1) is 15.3. The summed E-state index contributed by atoms with van der Waals surface area (Å²) in [6.45, 7) is 7.96. The lowest BCUT2D eigenvalue weighted by atomic mass is 10.2. The van der Waals surface area contributed by atoms with Crippen LogP contribution in [0.5, 0.6) is 0 Å². The van der Waals surface area contributed by atoms with Crippen molar-refractivity contribution in [3.8, 4) is 0 Å². The highest BCUT2D eigenvalue weighted by molar-refractivity contribution is 5.67. The zero-order valence-electron chi connectivity index (χ0n) is 11.0. The summed E-state index contributed by atoms with van der Waals surface area (Å²) in [5, 5.41) is 2.54. The number of carbonyl (C=O) groups is 1. The molecule has 0 fully saturated rings. The van der Waals surface area contributed by atoms with E-state index in [0.29, 0.717) is 6.54 Å². The minimum absolute atomic E-state index is 0.352. The smallest absolute Gasteiger partial charge is 0.407 e. The van der Waals surface area contributed by atoms with Gasteiger partial charge >= 0.3 is 6.09 Å². The Labute approximate surface area is 103 Å². The highest BCUT2D eigenvalue weighted by Gasteiger charge is 2.14. The molecule has 1 rings (SSSR count). The Kier molecular flexibility index (Phi) is 6.79. The average Bonchev–Trinajstić information content (AvgIpc) is 2.17. The number of anilines is 1. The first-order valence-corrected chi connectivity index (χ1v) is 5.62. The van der Waals surface area contributed by atoms with Gasteiger partial charge in [0.05, 0.1) is 0 Å². The summed E-state index contributed by atoms with van der Waals surface area (Å²) < 4.78 is 4.93. The molecule has 0 aromatic heterocycles. The van der Waals surface area contributed by atoms with Crippen molar-refractivity contribution in [2.75, 3.05) is 12.3 Å². The molecular weight excluding hydrogens is 216 g/mol. The van der Waals surface area contributed by atoms with Gasteiger partial charge in [-0.2, -0.15) is 0 Å². The number of alkyl carbamates (subject to hydrolysis) is 1. The van der Waals surface area contributed by atoms with Gasteiger partial charge in [0.25, 0.3) is 0 Å². The van der Waals surface area contributed by atoms with Crippen LogP contribution in [0.15, 0.2) is 30.3 Å². The second kappa shape index (κ2) is 7.54. The van der Waals surface area contributed by atoms with E-state index in [4.69, 9.17) is 10.5 Å². The number of amides is 1. The number of rotatable bonds is 1. The molecule has 4 nitrogen and oxygen atoms in total. The molecule has 0 unspecified atom stereocenters. The van der Waals surface area contributed by atoms with Crippen molar-refractivity contribution in [3.05, 3.63) is 30.3 Å². The molecule has 0 heterocycles. The van der Waals surface area contributed by atoms with Crippen molar-refractivity contribution in [1.82, 2.24) is 5.32 Å². The van der Waals surface area contributed by atoms with Crippen LogP contribution in [0.1, 0.15) is 27.7 Å². The van der Waals surface area contributed by atoms with Crippen LogP contribution in [0.3, 0.4) is 0 Å². The maximum atomic E-state index is 10.7. The molecule has 96 valence electrons. The number of nitrogens with two attached hydrogens (primary N) is 1. The SMILES string of the molecule is CCNC(=O)OC(C)(C)C.Nc1ccccc1. The van der Waals surface area contributed by atoms with Crippen LogP contribution in [-0.4, -0.2) is 18.2 Å². The molecule has 0 radical (unpaired) electrons. The lowest BCUT2D eigenvalue weighted by Crippen LogP contribution is -2.32. The number of carbonyl (C=O) groups excluding carboxylic acids is 1. The molecular formula is C13H22N2O2. The summed E-state index contributed by atoms with van der Waals surface area (Å²) >= 11 is 0. The molecule has 0 bridgehead atoms. The summed E-state index contributed by atoms with van der Waals surface area (Å²) in [7, 11) is 0. The Morgan fingerprint density at radius 1 is 1.29 bits per heavy atom. The molecule has 1 amide bonds. The number of nitrogens with one attached hydrogen (secondary N) is 1. The van der Waals surface area contributed by atoms with Gasteiger partial charge in [0, 0.05) is 12.2 Å². The second-order valence-corrected chi connectivity index (χ2v) is 4.44. The average molecular weight is 238 g/mol. The molecule has 0 aliphatic carbocycles. The molecule has 1 aromatic rings. The fraction of sp³-hybridized carbons (Fsp3) is 0.462. The quantitative estimate of drug-likeness (QED) is 0.739. The van der Waals surface area contributed by atoms with Gasteiger partial charge in [0.15, 0.2) is 0 Å². The maximum Gasteiger partial charge on any atom is 0.407 e. The Morgan fingerprint density at radius 2 is 1.82 bits per heavy atom. The van der Waals surface area contributed by atoms with Crippen LogP contribution >= 0.6 is 0 Å². The van der Waals surface area contributed by atoms with E-state index in [-0.39, 0.29) is 11.7 Å². The fourth-order valence-electron chi connectivity index (χ4n) is 0.912. The normalized spacial score (nSPS) is 9.88. The molecule has 0 saturated carbocycles. The molecule has 1 aromatic carbocycles. The summed E-state index contributed by atoms with van der Waals surface area (Å²) in [6, 6.07) is 9.49. The van der Waals surface area contributed by atoms with Gasteiger partial charge < -0.3 is 15.8 Å². The molecule has 17 heavy (non-hydrogen) atoms. The van der Waals surface area contributed by atoms with Gasteiger partial charge in [0.1, 0.15) is 5.60 Å². The zero-order valence-corrected chi connectivity index (χ0v) is 11.0. The number of hydrogen-bond acceptors (Lipinski definition) is 3. The molecule has 3 N–H and O–H groups in total. The number of benzene rings is 1. The van der Waals surface area contributed by atoms with E-state index in [1.54, 1.807) is 0 Å². The zero-order chi connectivity index (χ0) is 13.3. The Morgan fingerprint density at radius 3 is 2.12 bits per heavy atom. The molecule has 0 aliphatic heterocycles. The molecule has 0 spiro atoms. The van der Waals surface area contributed by atoms with Crippen molar-refractivity contribution >= 4 is 11.8 Å². The van der Waals surface area contributed by atoms with Crippen molar-refractivity contribution in [3.63, 3.8) is 0 Å². The topological polar surface area (TPSA) is 64.3 Å². The van der Waals surface area contributed by atoms with Crippen molar-refractivity contribution in [2.24, 2.45) is 0 Å². The van der Waals surface area contributed by atoms with Crippen LogP contribution in [0.25, 0.3) is 0 Å². The van der Waals surface area contributed by atoms with E-state index < -0.39 is 0 Å². The van der Waals surface area contributed by atoms with Crippen LogP contribution in [0.4, 0.5) is 10.5 Å². The van der Waals surface area contributed by atoms with E-state index in [0.717, 1.165) is 5.69 Å². The minimum Gasteiger partial charge on any atom is -0.444 e. The maximum absolute atomic E-state index is 10.7. The van der Waals surface area contributed by atoms with Crippen LogP contribution in [-0.2, 0) is 4.74 Å². The number of hydrogen-bond donors (Lipinski definition) is 2. The number of nitrogen functional groups attached to an aromatic ring is 1. The Hall–Kier alpha value is -1.71. The fourth-order valence-corrected chi connectivity index (χ4v) is 0.912. The highest BCUT2D eigenvalue weighted by atomic mass is 16.6. The third-order valence-electron chi connectivity index (χ3n) is 1.52. The summed E-state index contributed by atoms with van der Waals surface area (Å²) in [6.07, 6.45) is -0.352. The van der Waals surface area contributed by atoms with E-state index in [1.165, 1.54) is 0 Å². The Bertz CT molecular complexity index is 318. The summed E-state index contributed by atoms with van der Waals surface area (Å²) in [4.78, 5) is 10.7. The second-order valence-electron chi connectivity index (χ2n) is 4.44. The highest BCUT2D eigenvalue weighted by Crippen LogP contribution is 2.05. The van der Waals surface area contributed by atoms with E-state index in [2.05, 4.69) is 5.32 Å². The van der Waals surface area contributed by atoms with Crippen LogP contribution < -0.4 is 11.1 Å². The molecule has 0 atom stereocenters. The minimum atomic E-state index is -0.390. The van der Waals surface area contributed by atoms with Crippen molar-refractivity contribution in [2.45, 2.75) is 33.3 Å². The molecule has 0 aliphatic rings.